The fraction of sp³-hybridized carbons (Fsp3) is 0.176. The van der Waals surface area contributed by atoms with Gasteiger partial charge in [-0.15, -0.1) is 0 Å². The molecule has 0 radical (unpaired) electrons. The van der Waals surface area contributed by atoms with Crippen molar-refractivity contribution in [2.24, 2.45) is 5.73 Å². The molecule has 114 valence electrons. The number of alkyl halides is 3. The van der Waals surface area contributed by atoms with Crippen molar-refractivity contribution in [2.75, 3.05) is 0 Å². The molecule has 0 aliphatic heterocycles. The first-order valence-corrected chi connectivity index (χ1v) is 6.80. The molecule has 3 aromatic carbocycles. The Kier molecular flexibility index (Phi) is 3.54. The molecule has 0 saturated heterocycles. The van der Waals surface area contributed by atoms with Crippen LogP contribution in [0.15, 0.2) is 54.6 Å². The fourth-order valence-electron chi connectivity index (χ4n) is 2.73. The van der Waals surface area contributed by atoms with E-state index in [1.165, 1.54) is 0 Å². The standard InChI is InChI=1S/C17H14F3NO/c18-17(19,20)16(22)15(21)14-9-10-5-1-2-6-11(10)12-7-3-4-8-13(12)14/h1-9,15-16,22H,21H2/t15-,16-/m0/s1. The molecule has 0 unspecified atom stereocenters. The summed E-state index contributed by atoms with van der Waals surface area (Å²) in [6.45, 7) is 0. The lowest BCUT2D eigenvalue weighted by atomic mass is 9.91. The number of halogens is 3. The second-order valence-corrected chi connectivity index (χ2v) is 5.24. The average Bonchev–Trinajstić information content (AvgIpc) is 2.52. The summed E-state index contributed by atoms with van der Waals surface area (Å²) in [7, 11) is 0. The van der Waals surface area contributed by atoms with Crippen molar-refractivity contribution in [2.45, 2.75) is 18.3 Å². The molecule has 5 heteroatoms. The molecule has 0 aliphatic rings. The van der Waals surface area contributed by atoms with E-state index in [1.54, 1.807) is 18.2 Å². The van der Waals surface area contributed by atoms with Crippen molar-refractivity contribution in [3.05, 3.63) is 60.2 Å². The van der Waals surface area contributed by atoms with Crippen molar-refractivity contribution in [3.8, 4) is 0 Å². The Morgan fingerprint density at radius 3 is 2.05 bits per heavy atom. The summed E-state index contributed by atoms with van der Waals surface area (Å²) in [5.41, 5.74) is 6.00. The predicted molar refractivity (Wildman–Crippen MR) is 80.4 cm³/mol. The van der Waals surface area contributed by atoms with Gasteiger partial charge in [0.25, 0.3) is 0 Å². The van der Waals surface area contributed by atoms with E-state index in [4.69, 9.17) is 5.73 Å². The van der Waals surface area contributed by atoms with E-state index in [2.05, 4.69) is 0 Å². The Labute approximate surface area is 125 Å². The van der Waals surface area contributed by atoms with E-state index >= 15 is 0 Å². The van der Waals surface area contributed by atoms with E-state index in [9.17, 15) is 18.3 Å². The van der Waals surface area contributed by atoms with Gasteiger partial charge >= 0.3 is 6.18 Å². The highest BCUT2D eigenvalue weighted by Crippen LogP contribution is 2.35. The quantitative estimate of drug-likeness (QED) is 0.705. The zero-order chi connectivity index (χ0) is 15.9. The van der Waals surface area contributed by atoms with Gasteiger partial charge in [-0.3, -0.25) is 0 Å². The summed E-state index contributed by atoms with van der Waals surface area (Å²) >= 11 is 0. The van der Waals surface area contributed by atoms with Crippen LogP contribution in [0, 0.1) is 0 Å². The molecule has 3 rings (SSSR count). The van der Waals surface area contributed by atoms with Gasteiger partial charge in [-0.1, -0.05) is 48.5 Å². The molecule has 0 saturated carbocycles. The van der Waals surface area contributed by atoms with E-state index in [0.717, 1.165) is 16.2 Å². The van der Waals surface area contributed by atoms with Crippen molar-refractivity contribution < 1.29 is 18.3 Å². The van der Waals surface area contributed by atoms with Gasteiger partial charge in [0.15, 0.2) is 6.10 Å². The van der Waals surface area contributed by atoms with E-state index < -0.39 is 18.3 Å². The van der Waals surface area contributed by atoms with Gasteiger partial charge in [0.1, 0.15) is 0 Å². The first-order chi connectivity index (χ1) is 10.4. The van der Waals surface area contributed by atoms with Crippen LogP contribution in [0.3, 0.4) is 0 Å². The second-order valence-electron chi connectivity index (χ2n) is 5.24. The van der Waals surface area contributed by atoms with Gasteiger partial charge in [0, 0.05) is 0 Å². The molecule has 2 nitrogen and oxygen atoms in total. The topological polar surface area (TPSA) is 46.2 Å². The lowest BCUT2D eigenvalue weighted by Gasteiger charge is -2.23. The molecule has 0 aromatic heterocycles. The van der Waals surface area contributed by atoms with Gasteiger partial charge < -0.3 is 10.8 Å². The number of nitrogens with two attached hydrogens (primary N) is 1. The van der Waals surface area contributed by atoms with Gasteiger partial charge in [0.05, 0.1) is 6.04 Å². The van der Waals surface area contributed by atoms with Crippen LogP contribution >= 0.6 is 0 Å². The highest BCUT2D eigenvalue weighted by atomic mass is 19.4. The summed E-state index contributed by atoms with van der Waals surface area (Å²) in [5.74, 6) is 0. The van der Waals surface area contributed by atoms with Crippen LogP contribution in [0.25, 0.3) is 21.5 Å². The highest BCUT2D eigenvalue weighted by molar-refractivity contribution is 6.09. The zero-order valence-corrected chi connectivity index (χ0v) is 11.5. The summed E-state index contributed by atoms with van der Waals surface area (Å²) in [6, 6.07) is 14.6. The van der Waals surface area contributed by atoms with Gasteiger partial charge in [-0.05, 0) is 33.2 Å². The molecule has 3 aromatic rings. The van der Waals surface area contributed by atoms with E-state index in [0.29, 0.717) is 10.9 Å². The largest absolute Gasteiger partial charge is 0.416 e. The first-order valence-electron chi connectivity index (χ1n) is 6.80. The Morgan fingerprint density at radius 1 is 0.864 bits per heavy atom. The van der Waals surface area contributed by atoms with Crippen molar-refractivity contribution in [3.63, 3.8) is 0 Å². The highest BCUT2D eigenvalue weighted by Gasteiger charge is 2.43. The van der Waals surface area contributed by atoms with Gasteiger partial charge in [-0.25, -0.2) is 0 Å². The second kappa shape index (κ2) is 5.26. The Morgan fingerprint density at radius 2 is 1.41 bits per heavy atom. The van der Waals surface area contributed by atoms with Crippen LogP contribution < -0.4 is 5.73 Å². The number of aliphatic hydroxyl groups is 1. The number of aliphatic hydroxyl groups excluding tert-OH is 1. The average molecular weight is 305 g/mol. The summed E-state index contributed by atoms with van der Waals surface area (Å²) in [5, 5.41) is 12.7. The molecule has 0 heterocycles. The van der Waals surface area contributed by atoms with E-state index in [-0.39, 0.29) is 0 Å². The summed E-state index contributed by atoms with van der Waals surface area (Å²) in [4.78, 5) is 0. The number of rotatable bonds is 2. The maximum Gasteiger partial charge on any atom is 0.416 e. The maximum atomic E-state index is 12.8. The Hall–Kier alpha value is -2.11. The lowest BCUT2D eigenvalue weighted by Crippen LogP contribution is -2.38. The Bertz CT molecular complexity index is 829. The van der Waals surface area contributed by atoms with Crippen LogP contribution in [0.5, 0.6) is 0 Å². The van der Waals surface area contributed by atoms with Crippen molar-refractivity contribution >= 4 is 21.5 Å². The fourth-order valence-corrected chi connectivity index (χ4v) is 2.73. The molecule has 2 atom stereocenters. The molecule has 3 N–H and O–H groups in total. The first kappa shape index (κ1) is 14.8. The zero-order valence-electron chi connectivity index (χ0n) is 11.5. The third-order valence-electron chi connectivity index (χ3n) is 3.83. The Balaban J connectivity index is 2.28. The minimum atomic E-state index is -4.76. The van der Waals surface area contributed by atoms with Crippen LogP contribution in [-0.4, -0.2) is 17.4 Å². The van der Waals surface area contributed by atoms with Gasteiger partial charge in [-0.2, -0.15) is 13.2 Å². The molecule has 0 aliphatic carbocycles. The molecule has 22 heavy (non-hydrogen) atoms. The monoisotopic (exact) mass is 305 g/mol. The van der Waals surface area contributed by atoms with Crippen LogP contribution in [0.4, 0.5) is 13.2 Å². The van der Waals surface area contributed by atoms with Crippen LogP contribution in [-0.2, 0) is 0 Å². The third kappa shape index (κ3) is 2.42. The SMILES string of the molecule is N[C@@H](c1cc2ccccc2c2ccccc12)[C@H](O)C(F)(F)F. The maximum absolute atomic E-state index is 12.8. The lowest BCUT2D eigenvalue weighted by molar-refractivity contribution is -0.210. The molecule has 0 fully saturated rings. The number of hydrogen-bond acceptors (Lipinski definition) is 2. The molecule has 0 spiro atoms. The number of benzene rings is 3. The molecule has 0 amide bonds. The summed E-state index contributed by atoms with van der Waals surface area (Å²) in [6.07, 6.45) is -7.36. The minimum Gasteiger partial charge on any atom is -0.382 e. The minimum absolute atomic E-state index is 0.291. The summed E-state index contributed by atoms with van der Waals surface area (Å²) < 4.78 is 38.3. The van der Waals surface area contributed by atoms with E-state index in [1.807, 2.05) is 36.4 Å². The van der Waals surface area contributed by atoms with Crippen molar-refractivity contribution in [1.29, 1.82) is 0 Å². The smallest absolute Gasteiger partial charge is 0.382 e. The normalized spacial score (nSPS) is 15.1. The molecular weight excluding hydrogens is 291 g/mol. The van der Waals surface area contributed by atoms with Crippen molar-refractivity contribution in [1.82, 2.24) is 0 Å². The number of hydrogen-bond donors (Lipinski definition) is 2. The number of fused-ring (bicyclic) bond motifs is 3. The molecule has 0 bridgehead atoms. The van der Waals surface area contributed by atoms with Crippen LogP contribution in [0.1, 0.15) is 11.6 Å². The predicted octanol–water partition coefficient (Wildman–Crippen LogP) is 3.92. The van der Waals surface area contributed by atoms with Gasteiger partial charge in [0.2, 0.25) is 0 Å². The molecular formula is C17H14F3NO. The van der Waals surface area contributed by atoms with Crippen LogP contribution in [0.2, 0.25) is 0 Å². The third-order valence-corrected chi connectivity index (χ3v) is 3.83.